The molecule has 8 nitrogen and oxygen atoms in total. The van der Waals surface area contributed by atoms with Crippen molar-refractivity contribution in [2.45, 2.75) is 38.5 Å². The van der Waals surface area contributed by atoms with E-state index in [2.05, 4.69) is 5.32 Å². The Morgan fingerprint density at radius 1 is 1.09 bits per heavy atom. The molecule has 33 heavy (non-hydrogen) atoms. The van der Waals surface area contributed by atoms with Gasteiger partial charge in [0.25, 0.3) is 5.91 Å². The molecule has 3 rings (SSSR count). The normalized spacial score (nSPS) is 16.8. The fourth-order valence-electron chi connectivity index (χ4n) is 4.06. The van der Waals surface area contributed by atoms with Crippen molar-refractivity contribution >= 4 is 27.6 Å². The maximum atomic E-state index is 13.0. The molecule has 9 heteroatoms. The van der Waals surface area contributed by atoms with Crippen molar-refractivity contribution in [3.63, 3.8) is 0 Å². The smallest absolute Gasteiger partial charge is 0.310 e. The van der Waals surface area contributed by atoms with Crippen molar-refractivity contribution in [1.29, 1.82) is 0 Å². The maximum Gasteiger partial charge on any atom is 0.310 e. The summed E-state index contributed by atoms with van der Waals surface area (Å²) in [7, 11) is -2.24. The molecule has 0 spiro atoms. The van der Waals surface area contributed by atoms with Gasteiger partial charge in [-0.1, -0.05) is 17.7 Å². The van der Waals surface area contributed by atoms with Gasteiger partial charge in [0.05, 0.1) is 17.9 Å². The number of benzene rings is 2. The highest BCUT2D eigenvalue weighted by Crippen LogP contribution is 2.26. The molecule has 0 aliphatic carbocycles. The summed E-state index contributed by atoms with van der Waals surface area (Å²) >= 11 is 0. The van der Waals surface area contributed by atoms with Gasteiger partial charge in [-0.25, -0.2) is 8.42 Å². The van der Waals surface area contributed by atoms with E-state index in [1.807, 2.05) is 32.9 Å². The van der Waals surface area contributed by atoms with Crippen LogP contribution in [-0.2, 0) is 24.3 Å². The second-order valence-electron chi connectivity index (χ2n) is 8.31. The largest absolute Gasteiger partial charge is 0.497 e. The molecule has 0 bridgehead atoms. The molecule has 0 aromatic heterocycles. The van der Waals surface area contributed by atoms with E-state index in [1.54, 1.807) is 12.1 Å². The number of hydrogen-bond acceptors (Lipinski definition) is 6. The van der Waals surface area contributed by atoms with E-state index in [9.17, 15) is 18.0 Å². The lowest BCUT2D eigenvalue weighted by Crippen LogP contribution is -2.43. The fourth-order valence-corrected chi connectivity index (χ4v) is 5.58. The number of piperidine rings is 1. The van der Waals surface area contributed by atoms with Crippen LogP contribution in [0, 0.1) is 26.7 Å². The molecule has 1 N–H and O–H groups in total. The lowest BCUT2D eigenvalue weighted by molar-refractivity contribution is -0.152. The van der Waals surface area contributed by atoms with Gasteiger partial charge in [0, 0.05) is 18.8 Å². The summed E-state index contributed by atoms with van der Waals surface area (Å²) in [5.74, 6) is -1.07. The number of nitrogens with zero attached hydrogens (tertiary/aromatic N) is 1. The molecule has 178 valence electrons. The number of amides is 1. The van der Waals surface area contributed by atoms with Crippen molar-refractivity contribution in [3.8, 4) is 5.75 Å². The summed E-state index contributed by atoms with van der Waals surface area (Å²) in [5.41, 5.74) is 3.66. The molecule has 2 aromatic rings. The number of sulfonamides is 1. The van der Waals surface area contributed by atoms with Gasteiger partial charge in [-0.2, -0.15) is 4.31 Å². The van der Waals surface area contributed by atoms with Crippen LogP contribution in [0.25, 0.3) is 0 Å². The molecule has 1 heterocycles. The zero-order valence-electron chi connectivity index (χ0n) is 19.4. The Bertz CT molecular complexity index is 1110. The van der Waals surface area contributed by atoms with Crippen LogP contribution >= 0.6 is 0 Å². The topological polar surface area (TPSA) is 102 Å². The first-order valence-electron chi connectivity index (χ1n) is 10.8. The minimum atomic E-state index is -3.75. The fraction of sp³-hybridized carbons (Fsp3) is 0.417. The minimum absolute atomic E-state index is 0.0188. The molecule has 0 saturated carbocycles. The van der Waals surface area contributed by atoms with Gasteiger partial charge in [-0.15, -0.1) is 0 Å². The van der Waals surface area contributed by atoms with Crippen molar-refractivity contribution in [3.05, 3.63) is 53.1 Å². The van der Waals surface area contributed by atoms with Crippen LogP contribution in [0.5, 0.6) is 5.75 Å². The van der Waals surface area contributed by atoms with E-state index in [0.29, 0.717) is 30.8 Å². The molecule has 1 fully saturated rings. The van der Waals surface area contributed by atoms with Crippen LogP contribution in [0.15, 0.2) is 41.3 Å². The number of aryl methyl sites for hydroxylation is 3. The van der Waals surface area contributed by atoms with Crippen LogP contribution in [-0.4, -0.2) is 51.4 Å². The van der Waals surface area contributed by atoms with Crippen LogP contribution in [0.1, 0.15) is 29.5 Å². The lowest BCUT2D eigenvalue weighted by atomic mass is 10.00. The van der Waals surface area contributed by atoms with Gasteiger partial charge in [-0.3, -0.25) is 9.59 Å². The zero-order valence-corrected chi connectivity index (χ0v) is 20.2. The highest BCUT2D eigenvalue weighted by molar-refractivity contribution is 7.89. The summed E-state index contributed by atoms with van der Waals surface area (Å²) in [6.45, 7) is 5.71. The number of esters is 1. The van der Waals surface area contributed by atoms with Crippen LogP contribution in [0.2, 0.25) is 0 Å². The summed E-state index contributed by atoms with van der Waals surface area (Å²) in [4.78, 5) is 25.1. The van der Waals surface area contributed by atoms with Crippen LogP contribution in [0.4, 0.5) is 5.69 Å². The third-order valence-corrected chi connectivity index (χ3v) is 7.58. The number of anilines is 1. The zero-order chi connectivity index (χ0) is 24.2. The van der Waals surface area contributed by atoms with Crippen molar-refractivity contribution in [2.75, 3.05) is 32.1 Å². The van der Waals surface area contributed by atoms with Crippen LogP contribution in [0.3, 0.4) is 0 Å². The molecule has 2 aromatic carbocycles. The molecule has 1 aliphatic rings. The molecule has 1 saturated heterocycles. The first-order chi connectivity index (χ1) is 15.6. The Morgan fingerprint density at radius 2 is 1.73 bits per heavy atom. The van der Waals surface area contributed by atoms with E-state index in [-0.39, 0.29) is 11.4 Å². The van der Waals surface area contributed by atoms with Gasteiger partial charge in [0.1, 0.15) is 5.75 Å². The molecule has 1 aliphatic heterocycles. The summed E-state index contributed by atoms with van der Waals surface area (Å²) in [6.07, 6.45) is 1.04. The van der Waals surface area contributed by atoms with Gasteiger partial charge >= 0.3 is 5.97 Å². The third kappa shape index (κ3) is 5.91. The Morgan fingerprint density at radius 3 is 2.33 bits per heavy atom. The predicted molar refractivity (Wildman–Crippen MR) is 125 cm³/mol. The molecule has 1 unspecified atom stereocenters. The first kappa shape index (κ1) is 24.7. The molecule has 1 atom stereocenters. The van der Waals surface area contributed by atoms with Crippen molar-refractivity contribution < 1.29 is 27.5 Å². The van der Waals surface area contributed by atoms with E-state index < -0.39 is 34.4 Å². The summed E-state index contributed by atoms with van der Waals surface area (Å²) < 4.78 is 37.6. The van der Waals surface area contributed by atoms with Crippen molar-refractivity contribution in [1.82, 2.24) is 4.31 Å². The average Bonchev–Trinajstić information content (AvgIpc) is 2.80. The Hall–Kier alpha value is -2.91. The SMILES string of the molecule is COc1ccc(S(=O)(=O)N2CCCC(C(=O)OCC(=O)Nc3c(C)cc(C)cc3C)C2)cc1. The monoisotopic (exact) mass is 474 g/mol. The minimum Gasteiger partial charge on any atom is -0.497 e. The molecular weight excluding hydrogens is 444 g/mol. The molecule has 1 amide bonds. The number of methoxy groups -OCH3 is 1. The standard InChI is InChI=1S/C24H30N2O6S/c1-16-12-17(2)23(18(3)13-16)25-22(27)15-32-24(28)19-6-5-11-26(14-19)33(29,30)21-9-7-20(31-4)8-10-21/h7-10,12-13,19H,5-6,11,14-15H2,1-4H3,(H,25,27). The summed E-state index contributed by atoms with van der Waals surface area (Å²) in [5, 5.41) is 2.80. The summed E-state index contributed by atoms with van der Waals surface area (Å²) in [6, 6.07) is 10.1. The van der Waals surface area contributed by atoms with Crippen LogP contribution < -0.4 is 10.1 Å². The second-order valence-corrected chi connectivity index (χ2v) is 10.2. The highest BCUT2D eigenvalue weighted by atomic mass is 32.2. The quantitative estimate of drug-likeness (QED) is 0.619. The average molecular weight is 475 g/mol. The van der Waals surface area contributed by atoms with Gasteiger partial charge in [-0.05, 0) is 69.0 Å². The van der Waals surface area contributed by atoms with E-state index in [1.165, 1.54) is 23.5 Å². The lowest BCUT2D eigenvalue weighted by Gasteiger charge is -2.30. The Balaban J connectivity index is 1.58. The Kier molecular flexibility index (Phi) is 7.76. The van der Waals surface area contributed by atoms with E-state index in [4.69, 9.17) is 9.47 Å². The number of hydrogen-bond donors (Lipinski definition) is 1. The maximum absolute atomic E-state index is 13.0. The number of nitrogens with one attached hydrogen (secondary N) is 1. The number of carbonyl (C=O) groups excluding carboxylic acids is 2. The van der Waals surface area contributed by atoms with Gasteiger partial charge in [0.2, 0.25) is 10.0 Å². The first-order valence-corrected chi connectivity index (χ1v) is 12.2. The van der Waals surface area contributed by atoms with Gasteiger partial charge < -0.3 is 14.8 Å². The molecular formula is C24H30N2O6S. The Labute approximate surface area is 194 Å². The predicted octanol–water partition coefficient (Wildman–Crippen LogP) is 3.20. The van der Waals surface area contributed by atoms with Gasteiger partial charge in [0.15, 0.2) is 6.61 Å². The number of carbonyl (C=O) groups is 2. The highest BCUT2D eigenvalue weighted by Gasteiger charge is 2.34. The van der Waals surface area contributed by atoms with E-state index in [0.717, 1.165) is 16.7 Å². The number of ether oxygens (including phenoxy) is 2. The second kappa shape index (κ2) is 10.4. The third-order valence-electron chi connectivity index (χ3n) is 5.70. The van der Waals surface area contributed by atoms with Crippen molar-refractivity contribution in [2.24, 2.45) is 5.92 Å². The number of rotatable bonds is 7. The molecule has 0 radical (unpaired) electrons. The van der Waals surface area contributed by atoms with E-state index >= 15 is 0 Å².